The van der Waals surface area contributed by atoms with Gasteiger partial charge in [0.25, 0.3) is 0 Å². The fraction of sp³-hybridized carbons (Fsp3) is 0. The van der Waals surface area contributed by atoms with Crippen molar-refractivity contribution in [3.05, 3.63) is 48.3 Å². The zero-order valence-corrected chi connectivity index (χ0v) is 9.26. The number of nitrogen functional groups attached to an aromatic ring is 1. The molecule has 4 nitrogen and oxygen atoms in total. The topological polar surface area (TPSA) is 65.2 Å². The third-order valence-corrected chi connectivity index (χ3v) is 2.51. The number of benzene rings is 1. The lowest BCUT2D eigenvalue weighted by Crippen LogP contribution is -1.79. The Morgan fingerprint density at radius 1 is 0.944 bits per heavy atom. The van der Waals surface area contributed by atoms with Gasteiger partial charge >= 0.3 is 0 Å². The maximum atomic E-state index is 12.8. The van der Waals surface area contributed by atoms with Crippen LogP contribution >= 0.6 is 0 Å². The third-order valence-electron chi connectivity index (χ3n) is 2.51. The minimum atomic E-state index is -0.284. The van der Waals surface area contributed by atoms with Gasteiger partial charge in [-0.1, -0.05) is 5.16 Å². The molecule has 90 valence electrons. The van der Waals surface area contributed by atoms with Crippen LogP contribution < -0.4 is 5.73 Å². The SMILES string of the molecule is Nc1cc(-c2ccc(-c3ccc(F)cc3)o2)on1. The van der Waals surface area contributed by atoms with E-state index < -0.39 is 0 Å². The van der Waals surface area contributed by atoms with Crippen LogP contribution in [0.5, 0.6) is 0 Å². The molecule has 0 saturated carbocycles. The van der Waals surface area contributed by atoms with E-state index in [0.717, 1.165) is 5.56 Å². The Bertz CT molecular complexity index is 670. The molecule has 2 aromatic heterocycles. The van der Waals surface area contributed by atoms with Crippen molar-refractivity contribution in [2.45, 2.75) is 0 Å². The van der Waals surface area contributed by atoms with Crippen molar-refractivity contribution in [1.82, 2.24) is 5.16 Å². The summed E-state index contributed by atoms with van der Waals surface area (Å²) in [6.45, 7) is 0. The van der Waals surface area contributed by atoms with E-state index in [2.05, 4.69) is 5.16 Å². The van der Waals surface area contributed by atoms with E-state index in [9.17, 15) is 4.39 Å². The average Bonchev–Trinajstić information content (AvgIpc) is 2.98. The highest BCUT2D eigenvalue weighted by Gasteiger charge is 2.11. The third kappa shape index (κ3) is 1.86. The number of nitrogens with two attached hydrogens (primary N) is 1. The normalized spacial score (nSPS) is 10.7. The van der Waals surface area contributed by atoms with Crippen LogP contribution in [0.15, 0.2) is 51.4 Å². The van der Waals surface area contributed by atoms with Crippen LogP contribution in [0.2, 0.25) is 0 Å². The number of halogens is 1. The van der Waals surface area contributed by atoms with E-state index in [1.807, 2.05) is 0 Å². The van der Waals surface area contributed by atoms with E-state index in [1.165, 1.54) is 12.1 Å². The molecule has 2 heterocycles. The molecule has 0 unspecified atom stereocenters. The maximum absolute atomic E-state index is 12.8. The van der Waals surface area contributed by atoms with Crippen molar-refractivity contribution in [1.29, 1.82) is 0 Å². The summed E-state index contributed by atoms with van der Waals surface area (Å²) in [5.74, 6) is 1.62. The van der Waals surface area contributed by atoms with Gasteiger partial charge in [-0.3, -0.25) is 0 Å². The van der Waals surface area contributed by atoms with E-state index in [-0.39, 0.29) is 5.82 Å². The highest BCUT2D eigenvalue weighted by Crippen LogP contribution is 2.29. The number of hydrogen-bond donors (Lipinski definition) is 1. The van der Waals surface area contributed by atoms with Gasteiger partial charge in [0, 0.05) is 11.6 Å². The molecule has 1 aromatic carbocycles. The molecule has 0 fully saturated rings. The lowest BCUT2D eigenvalue weighted by Gasteiger charge is -1.95. The molecular weight excluding hydrogens is 235 g/mol. The van der Waals surface area contributed by atoms with Gasteiger partial charge in [0.15, 0.2) is 11.6 Å². The van der Waals surface area contributed by atoms with Gasteiger partial charge in [-0.25, -0.2) is 4.39 Å². The second-order valence-corrected chi connectivity index (χ2v) is 3.79. The quantitative estimate of drug-likeness (QED) is 0.750. The minimum absolute atomic E-state index is 0.284. The summed E-state index contributed by atoms with van der Waals surface area (Å²) in [6.07, 6.45) is 0. The molecule has 3 aromatic rings. The van der Waals surface area contributed by atoms with Crippen LogP contribution in [0.4, 0.5) is 10.2 Å². The maximum Gasteiger partial charge on any atom is 0.204 e. The molecule has 0 saturated heterocycles. The fourth-order valence-corrected chi connectivity index (χ4v) is 1.64. The molecule has 2 N–H and O–H groups in total. The Morgan fingerprint density at radius 3 is 2.33 bits per heavy atom. The summed E-state index contributed by atoms with van der Waals surface area (Å²) >= 11 is 0. The summed E-state index contributed by atoms with van der Waals surface area (Å²) < 4.78 is 23.4. The highest BCUT2D eigenvalue weighted by atomic mass is 19.1. The summed E-state index contributed by atoms with van der Waals surface area (Å²) in [5, 5.41) is 3.58. The zero-order valence-electron chi connectivity index (χ0n) is 9.26. The van der Waals surface area contributed by atoms with Crippen LogP contribution in [-0.2, 0) is 0 Å². The Kier molecular flexibility index (Phi) is 2.37. The molecule has 0 amide bonds. The number of nitrogens with zero attached hydrogens (tertiary/aromatic N) is 1. The summed E-state index contributed by atoms with van der Waals surface area (Å²) in [5.41, 5.74) is 6.25. The van der Waals surface area contributed by atoms with Crippen molar-refractivity contribution < 1.29 is 13.3 Å². The first-order valence-corrected chi connectivity index (χ1v) is 5.31. The van der Waals surface area contributed by atoms with E-state index in [0.29, 0.717) is 23.1 Å². The van der Waals surface area contributed by atoms with E-state index >= 15 is 0 Å². The average molecular weight is 244 g/mol. The van der Waals surface area contributed by atoms with Gasteiger partial charge in [-0.05, 0) is 36.4 Å². The number of rotatable bonds is 2. The molecule has 0 atom stereocenters. The second-order valence-electron chi connectivity index (χ2n) is 3.79. The van der Waals surface area contributed by atoms with Gasteiger partial charge in [0.05, 0.1) is 0 Å². The van der Waals surface area contributed by atoms with Crippen LogP contribution in [0.3, 0.4) is 0 Å². The second kappa shape index (κ2) is 4.03. The van der Waals surface area contributed by atoms with Crippen molar-refractivity contribution in [2.75, 3.05) is 5.73 Å². The van der Waals surface area contributed by atoms with E-state index in [4.69, 9.17) is 14.7 Å². The summed E-state index contributed by atoms with van der Waals surface area (Å²) in [7, 11) is 0. The lowest BCUT2D eigenvalue weighted by molar-refractivity contribution is 0.422. The molecular formula is C13H9FN2O2. The summed E-state index contributed by atoms with van der Waals surface area (Å²) in [4.78, 5) is 0. The van der Waals surface area contributed by atoms with Gasteiger partial charge in [-0.2, -0.15) is 0 Å². The standard InChI is InChI=1S/C13H9FN2O2/c14-9-3-1-8(2-4-9)10-5-6-11(17-10)12-7-13(15)16-18-12/h1-7H,(H2,15,16). The van der Waals surface area contributed by atoms with Gasteiger partial charge in [0.1, 0.15) is 11.6 Å². The zero-order chi connectivity index (χ0) is 12.5. The molecule has 3 rings (SSSR count). The Hall–Kier alpha value is -2.56. The number of anilines is 1. The van der Waals surface area contributed by atoms with Crippen molar-refractivity contribution in [2.24, 2.45) is 0 Å². The van der Waals surface area contributed by atoms with Gasteiger partial charge in [-0.15, -0.1) is 0 Å². The molecule has 5 heteroatoms. The predicted octanol–water partition coefficient (Wildman–Crippen LogP) is 3.32. The number of hydrogen-bond acceptors (Lipinski definition) is 4. The first-order valence-electron chi connectivity index (χ1n) is 5.31. The Balaban J connectivity index is 1.96. The van der Waals surface area contributed by atoms with Gasteiger partial charge in [0.2, 0.25) is 5.76 Å². The largest absolute Gasteiger partial charge is 0.453 e. The molecule has 0 radical (unpaired) electrons. The minimum Gasteiger partial charge on any atom is -0.453 e. The Labute approximate surface area is 102 Å². The van der Waals surface area contributed by atoms with Gasteiger partial charge < -0.3 is 14.7 Å². The first-order chi connectivity index (χ1) is 8.72. The highest BCUT2D eigenvalue weighted by molar-refractivity contribution is 5.63. The number of furan rings is 1. The van der Waals surface area contributed by atoms with Crippen LogP contribution in [0, 0.1) is 5.82 Å². The predicted molar refractivity (Wildman–Crippen MR) is 64.0 cm³/mol. The van der Waals surface area contributed by atoms with Crippen LogP contribution in [0.25, 0.3) is 22.8 Å². The smallest absolute Gasteiger partial charge is 0.204 e. The first kappa shape index (κ1) is 10.6. The molecule has 18 heavy (non-hydrogen) atoms. The molecule has 0 aliphatic heterocycles. The van der Waals surface area contributed by atoms with Crippen LogP contribution in [-0.4, -0.2) is 5.16 Å². The van der Waals surface area contributed by atoms with Crippen molar-refractivity contribution >= 4 is 5.82 Å². The monoisotopic (exact) mass is 244 g/mol. The molecule has 0 spiro atoms. The summed E-state index contributed by atoms with van der Waals surface area (Å²) in [6, 6.07) is 11.2. The van der Waals surface area contributed by atoms with Crippen molar-refractivity contribution in [3.63, 3.8) is 0 Å². The lowest BCUT2D eigenvalue weighted by atomic mass is 10.2. The van der Waals surface area contributed by atoms with Crippen molar-refractivity contribution in [3.8, 4) is 22.8 Å². The Morgan fingerprint density at radius 2 is 1.67 bits per heavy atom. The molecule has 0 aliphatic carbocycles. The van der Waals surface area contributed by atoms with E-state index in [1.54, 1.807) is 30.3 Å². The molecule has 0 bridgehead atoms. The van der Waals surface area contributed by atoms with Crippen LogP contribution in [0.1, 0.15) is 0 Å². The number of aromatic nitrogens is 1. The molecule has 0 aliphatic rings. The fourth-order valence-electron chi connectivity index (χ4n) is 1.64.